The van der Waals surface area contributed by atoms with E-state index in [-0.39, 0.29) is 23.0 Å². The summed E-state index contributed by atoms with van der Waals surface area (Å²) in [5.41, 5.74) is 10.6. The Balaban J connectivity index is 1.86. The van der Waals surface area contributed by atoms with Gasteiger partial charge in [0.2, 0.25) is 0 Å². The highest BCUT2D eigenvalue weighted by Gasteiger charge is 2.32. The molecular weight excluding hydrogens is 512 g/mol. The average Bonchev–Trinajstić information content (AvgIpc) is 2.84. The molecule has 2 atom stereocenters. The van der Waals surface area contributed by atoms with Crippen molar-refractivity contribution in [1.82, 2.24) is 0 Å². The molecule has 0 spiro atoms. The molecule has 0 radical (unpaired) electrons. The topological polar surface area (TPSA) is 40.5 Å². The molecule has 0 fully saturated rings. The van der Waals surface area contributed by atoms with Gasteiger partial charge in [0.1, 0.15) is 0 Å². The second-order valence-electron chi connectivity index (χ2n) is 14.0. The molecule has 42 heavy (non-hydrogen) atoms. The number of aliphatic hydroxyl groups is 2. The summed E-state index contributed by atoms with van der Waals surface area (Å²) in [6.07, 6.45) is 30.7. The summed E-state index contributed by atoms with van der Waals surface area (Å²) in [5, 5.41) is 20.2. The second kappa shape index (κ2) is 16.2. The van der Waals surface area contributed by atoms with Crippen LogP contribution in [-0.4, -0.2) is 22.4 Å². The van der Waals surface area contributed by atoms with E-state index in [1.807, 2.05) is 0 Å². The van der Waals surface area contributed by atoms with Gasteiger partial charge >= 0.3 is 0 Å². The van der Waals surface area contributed by atoms with Gasteiger partial charge in [0.05, 0.1) is 12.2 Å². The van der Waals surface area contributed by atoms with Crippen molar-refractivity contribution < 1.29 is 10.2 Å². The molecule has 2 aliphatic carbocycles. The first-order chi connectivity index (χ1) is 19.6. The van der Waals surface area contributed by atoms with E-state index in [1.54, 1.807) is 0 Å². The minimum absolute atomic E-state index is 0.00810. The zero-order valence-electron chi connectivity index (χ0n) is 28.2. The van der Waals surface area contributed by atoms with E-state index in [0.717, 1.165) is 38.5 Å². The van der Waals surface area contributed by atoms with Crippen LogP contribution in [0.5, 0.6) is 0 Å². The van der Waals surface area contributed by atoms with Gasteiger partial charge in [0, 0.05) is 0 Å². The number of hydrogen-bond donors (Lipinski definition) is 2. The largest absolute Gasteiger partial charge is 0.393 e. The van der Waals surface area contributed by atoms with Gasteiger partial charge in [-0.3, -0.25) is 0 Å². The summed E-state index contributed by atoms with van der Waals surface area (Å²) in [6.45, 7) is 21.9. The Morgan fingerprint density at radius 1 is 0.667 bits per heavy atom. The van der Waals surface area contributed by atoms with Crippen LogP contribution in [0.2, 0.25) is 0 Å². The number of hydrogen-bond acceptors (Lipinski definition) is 2. The van der Waals surface area contributed by atoms with E-state index < -0.39 is 0 Å². The first-order valence-corrected chi connectivity index (χ1v) is 15.7. The lowest BCUT2D eigenvalue weighted by molar-refractivity contribution is 0.113. The molecule has 0 amide bonds. The summed E-state index contributed by atoms with van der Waals surface area (Å²) in [4.78, 5) is 0. The SMILES string of the molecule is CC1=C(/C=C/C(C)=C\C=C\C(C)=C\C=C\C=C(C)\C=C\C=C(/C)CCC2=C(C)CC(O)CC2(C)C)C(C)(C)CC(O)C1. The lowest BCUT2D eigenvalue weighted by atomic mass is 9.70. The van der Waals surface area contributed by atoms with Crippen LogP contribution in [-0.2, 0) is 0 Å². The van der Waals surface area contributed by atoms with Crippen LogP contribution in [0, 0.1) is 10.8 Å². The van der Waals surface area contributed by atoms with Crippen molar-refractivity contribution in [2.75, 3.05) is 0 Å². The Kier molecular flexibility index (Phi) is 13.7. The molecular formula is C40H58O2. The summed E-state index contributed by atoms with van der Waals surface area (Å²) in [7, 11) is 0. The van der Waals surface area contributed by atoms with Crippen molar-refractivity contribution >= 4 is 0 Å². The molecule has 2 unspecified atom stereocenters. The van der Waals surface area contributed by atoms with Crippen LogP contribution in [0.4, 0.5) is 0 Å². The molecule has 2 nitrogen and oxygen atoms in total. The first kappa shape index (κ1) is 35.5. The Morgan fingerprint density at radius 3 is 1.69 bits per heavy atom. The van der Waals surface area contributed by atoms with Crippen LogP contribution in [0.3, 0.4) is 0 Å². The van der Waals surface area contributed by atoms with Gasteiger partial charge in [0.15, 0.2) is 0 Å². The van der Waals surface area contributed by atoms with Gasteiger partial charge < -0.3 is 10.2 Å². The Morgan fingerprint density at radius 2 is 1.14 bits per heavy atom. The summed E-state index contributed by atoms with van der Waals surface area (Å²) in [5.74, 6) is 0. The van der Waals surface area contributed by atoms with E-state index >= 15 is 0 Å². The molecule has 0 bridgehead atoms. The van der Waals surface area contributed by atoms with Crippen LogP contribution >= 0.6 is 0 Å². The lowest BCUT2D eigenvalue weighted by Gasteiger charge is -2.37. The molecule has 0 saturated heterocycles. The van der Waals surface area contributed by atoms with E-state index in [2.05, 4.69) is 142 Å². The molecule has 0 aromatic rings. The zero-order valence-corrected chi connectivity index (χ0v) is 28.2. The third-order valence-corrected chi connectivity index (χ3v) is 8.67. The smallest absolute Gasteiger partial charge is 0.0585 e. The maximum Gasteiger partial charge on any atom is 0.0585 e. The van der Waals surface area contributed by atoms with Crippen molar-refractivity contribution in [3.8, 4) is 0 Å². The molecule has 2 N–H and O–H groups in total. The van der Waals surface area contributed by atoms with Crippen LogP contribution in [0.15, 0.2) is 117 Å². The fourth-order valence-corrected chi connectivity index (χ4v) is 6.49. The molecule has 0 heterocycles. The van der Waals surface area contributed by atoms with Crippen molar-refractivity contribution in [2.24, 2.45) is 10.8 Å². The Labute approximate surface area is 258 Å². The zero-order chi connectivity index (χ0) is 31.5. The van der Waals surface area contributed by atoms with Gasteiger partial charge in [0.25, 0.3) is 0 Å². The number of allylic oxidation sites excluding steroid dienone is 18. The summed E-state index contributed by atoms with van der Waals surface area (Å²) >= 11 is 0. The average molecular weight is 571 g/mol. The van der Waals surface area contributed by atoms with E-state index in [0.29, 0.717) is 0 Å². The molecule has 230 valence electrons. The molecule has 2 aliphatic rings. The normalized spacial score (nSPS) is 24.9. The highest BCUT2D eigenvalue weighted by Crippen LogP contribution is 2.43. The maximum absolute atomic E-state index is 10.1. The molecule has 0 aliphatic heterocycles. The van der Waals surface area contributed by atoms with Crippen LogP contribution in [0.1, 0.15) is 108 Å². The standard InChI is InChI=1S/C40H58O2/c1-29(17-13-19-31(3)21-23-37-33(5)25-35(41)27-39(37,7)8)15-11-12-16-30(2)18-14-20-32(4)22-24-38-34(6)26-36(42)28-40(38,9)10/h11-21,23,35-36,41-42H,22,24-28H2,1-10H3/b12-11+,17-13+,18-14+,23-21+,29-15+,30-16+,31-19-,32-20+. The molecule has 0 saturated carbocycles. The highest BCUT2D eigenvalue weighted by molar-refractivity contribution is 5.38. The summed E-state index contributed by atoms with van der Waals surface area (Å²) < 4.78 is 0. The third kappa shape index (κ3) is 11.9. The van der Waals surface area contributed by atoms with E-state index in [1.165, 1.54) is 44.6 Å². The lowest BCUT2D eigenvalue weighted by Crippen LogP contribution is -2.29. The van der Waals surface area contributed by atoms with Crippen molar-refractivity contribution in [1.29, 1.82) is 0 Å². The number of aliphatic hydroxyl groups excluding tert-OH is 2. The quantitative estimate of drug-likeness (QED) is 0.192. The van der Waals surface area contributed by atoms with E-state index in [9.17, 15) is 10.2 Å². The minimum atomic E-state index is -0.224. The van der Waals surface area contributed by atoms with E-state index in [4.69, 9.17) is 0 Å². The predicted octanol–water partition coefficient (Wildman–Crippen LogP) is 10.8. The maximum atomic E-state index is 10.1. The van der Waals surface area contributed by atoms with Crippen LogP contribution < -0.4 is 0 Å². The van der Waals surface area contributed by atoms with Crippen molar-refractivity contribution in [3.63, 3.8) is 0 Å². The van der Waals surface area contributed by atoms with Gasteiger partial charge in [-0.05, 0) is 96.5 Å². The third-order valence-electron chi connectivity index (χ3n) is 8.67. The molecule has 0 aromatic heterocycles. The predicted molar refractivity (Wildman–Crippen MR) is 184 cm³/mol. The fraction of sp³-hybridized carbons (Fsp3) is 0.500. The Bertz CT molecular complexity index is 1240. The monoisotopic (exact) mass is 570 g/mol. The molecule has 0 aromatic carbocycles. The van der Waals surface area contributed by atoms with Crippen molar-refractivity contribution in [2.45, 2.75) is 120 Å². The highest BCUT2D eigenvalue weighted by atomic mass is 16.3. The van der Waals surface area contributed by atoms with Crippen LogP contribution in [0.25, 0.3) is 0 Å². The van der Waals surface area contributed by atoms with Gasteiger partial charge in [-0.2, -0.15) is 0 Å². The molecule has 2 rings (SSSR count). The van der Waals surface area contributed by atoms with Gasteiger partial charge in [-0.15, -0.1) is 0 Å². The fourth-order valence-electron chi connectivity index (χ4n) is 6.49. The molecule has 2 heteroatoms. The van der Waals surface area contributed by atoms with Gasteiger partial charge in [-0.25, -0.2) is 0 Å². The summed E-state index contributed by atoms with van der Waals surface area (Å²) in [6, 6.07) is 0. The Hall–Kier alpha value is -2.68. The van der Waals surface area contributed by atoms with Gasteiger partial charge in [-0.1, -0.05) is 140 Å². The minimum Gasteiger partial charge on any atom is -0.393 e. The second-order valence-corrected chi connectivity index (χ2v) is 14.0. The number of rotatable bonds is 11. The van der Waals surface area contributed by atoms with Crippen molar-refractivity contribution in [3.05, 3.63) is 117 Å². The first-order valence-electron chi connectivity index (χ1n) is 15.7.